The predicted molar refractivity (Wildman–Crippen MR) is 552 cm³/mol. The molecule has 5 heterocycles. The number of aryl methyl sites for hydroxylation is 13. The van der Waals surface area contributed by atoms with Crippen molar-refractivity contribution in [1.29, 1.82) is 0 Å². The van der Waals surface area contributed by atoms with E-state index >= 15 is 0 Å². The van der Waals surface area contributed by atoms with Crippen molar-refractivity contribution in [2.75, 3.05) is 0 Å². The summed E-state index contributed by atoms with van der Waals surface area (Å²) in [5, 5.41) is 47.1. The van der Waals surface area contributed by atoms with E-state index in [0.29, 0.717) is 16.6 Å². The molecular formula is C119H119FIr5N5O10-5. The molecule has 0 aliphatic carbocycles. The number of allylic oxidation sites excluding steroid dienone is 10. The summed E-state index contributed by atoms with van der Waals surface area (Å²) in [5.74, 6) is -0.555. The summed E-state index contributed by atoms with van der Waals surface area (Å²) in [6, 6.07) is 99.3. The quantitative estimate of drug-likeness (QED) is 0.0459. The minimum atomic E-state index is -0.242. The first-order chi connectivity index (χ1) is 63.8. The van der Waals surface area contributed by atoms with Gasteiger partial charge in [0.05, 0.1) is 56.4 Å². The molecule has 0 unspecified atom stereocenters. The van der Waals surface area contributed by atoms with Crippen LogP contribution in [0.3, 0.4) is 0 Å². The molecule has 0 spiro atoms. The molecule has 21 heteroatoms. The number of benzene rings is 11. The third-order valence-corrected chi connectivity index (χ3v) is 19.3. The maximum absolute atomic E-state index is 14.1. The fourth-order valence-corrected chi connectivity index (χ4v) is 14.3. The largest absolute Gasteiger partial charge is 0.512 e. The Morgan fingerprint density at radius 3 is 0.871 bits per heavy atom. The average Bonchev–Trinajstić information content (AvgIpc) is 0.811. The number of para-hydroxylation sites is 2. The van der Waals surface area contributed by atoms with Crippen LogP contribution in [0.2, 0.25) is 0 Å². The monoisotopic (exact) mass is 2760 g/mol. The Kier molecular flexibility index (Phi) is 54.2. The zero-order valence-corrected chi connectivity index (χ0v) is 95.0. The zero-order valence-electron chi connectivity index (χ0n) is 83.0. The molecule has 5 radical (unpaired) electrons. The van der Waals surface area contributed by atoms with Crippen molar-refractivity contribution in [3.05, 3.63) is 410 Å². The SMILES string of the molecule is CC(=O)C=C(C)O.CC(=O)C=C(C)O.CC(=O)C=C(C)O.CC(=O)C=C(C)O.CC(=O)C=C(C)O.Cc1[c-]c(-c2cc(C)c3ccccc3n2)cc(C)c1.Cc1[c-]c(-c2cc(F)c3ccccc3n2)cc(C)c1.Cc1[c-]c(-c2ccc3cc(-c4ccccc4)ccc3n2)cc(C)c1.Cc1[c-]c(-c2ccc3cc(C)ccc3n2)cc(C)c1.Cc1[c-]c(-c2ccc3ccc(C)cc3n2)cc(C)c1.[Ir].[Ir].[Ir].[Ir].[Ir]. The molecule has 5 aromatic heterocycles. The number of aliphatic hydroxyl groups excluding tert-OH is 5. The van der Waals surface area contributed by atoms with Crippen molar-refractivity contribution < 1.29 is 154 Å². The summed E-state index contributed by atoms with van der Waals surface area (Å²) in [7, 11) is 0. The van der Waals surface area contributed by atoms with Gasteiger partial charge in [0, 0.05) is 142 Å². The van der Waals surface area contributed by atoms with Gasteiger partial charge in [-0.3, -0.25) is 48.9 Å². The molecule has 15 nitrogen and oxygen atoms in total. The summed E-state index contributed by atoms with van der Waals surface area (Å²) in [4.78, 5) is 73.7. The number of aliphatic hydroxyl groups is 5. The molecule has 0 atom stereocenters. The first kappa shape index (κ1) is 124. The first-order valence-corrected chi connectivity index (χ1v) is 43.9. The predicted octanol–water partition coefficient (Wildman–Crippen LogP) is 29.5. The fraction of sp³-hybridized carbons (Fsp3) is 0.193. The zero-order chi connectivity index (χ0) is 99.4. The van der Waals surface area contributed by atoms with Crippen LogP contribution >= 0.6 is 0 Å². The van der Waals surface area contributed by atoms with Crippen molar-refractivity contribution in [2.45, 2.75) is 159 Å². The van der Waals surface area contributed by atoms with E-state index in [1.807, 2.05) is 56.3 Å². The number of hydrogen-bond acceptors (Lipinski definition) is 15. The second kappa shape index (κ2) is 61.3. The summed E-state index contributed by atoms with van der Waals surface area (Å²) >= 11 is 0. The van der Waals surface area contributed by atoms with Gasteiger partial charge in [-0.15, -0.1) is 174 Å². The summed E-state index contributed by atoms with van der Waals surface area (Å²) in [5.41, 5.74) is 32.5. The van der Waals surface area contributed by atoms with Crippen molar-refractivity contribution in [2.24, 2.45) is 0 Å². The summed E-state index contributed by atoms with van der Waals surface area (Å²) in [6.07, 6.45) is 5.83. The molecule has 737 valence electrons. The number of pyridine rings is 5. The molecule has 0 aliphatic heterocycles. The third kappa shape index (κ3) is 43.6. The smallest absolute Gasteiger partial charge is 0.155 e. The van der Waals surface area contributed by atoms with Gasteiger partial charge in [-0.1, -0.05) is 202 Å². The molecule has 16 aromatic rings. The Morgan fingerprint density at radius 1 is 0.243 bits per heavy atom. The molecule has 140 heavy (non-hydrogen) atoms. The Labute approximate surface area is 891 Å². The number of carbonyl (C=O) groups excluding carboxylic acids is 5. The first-order valence-electron chi connectivity index (χ1n) is 43.9. The van der Waals surface area contributed by atoms with Crippen molar-refractivity contribution in [3.63, 3.8) is 0 Å². The standard InChI is InChI=1S/C23H18N.3C18H16N.C17H13FN.5C5H8O2.5Ir/c1-16-12-17(2)14-21(13-16)23-11-9-20-15-19(8-10-22(20)24-23)18-6-4-3-5-7-18;1-12-4-6-17-15(9-12)5-7-18(19-17)16-10-13(2)8-14(3)11-16;1-12-4-5-15-6-7-17(19-18(15)11-12)16-9-13(2)8-14(3)10-16;1-12-8-13(2)10-15(9-12)18-11-14(3)16-6-4-5-7-17(16)19-18;1-11-7-12(2)9-13(8-11)17-10-15(18)14-5-3-4-6-16(14)19-17;5*1-4(6)3-5(2)7;;;;;/h3-13,15H,1-2H3;4-10H,1-3H3;2*4-9,11H,1-3H3;3-8,10H,1-2H3;5*3,6H,1-2H3;;;;;/q5*-1;;;;;;;;;;. The van der Waals surface area contributed by atoms with Crippen molar-refractivity contribution in [1.82, 2.24) is 24.9 Å². The van der Waals surface area contributed by atoms with Crippen LogP contribution in [0.15, 0.2) is 302 Å². The fourth-order valence-electron chi connectivity index (χ4n) is 14.3. The van der Waals surface area contributed by atoms with Crippen molar-refractivity contribution >= 4 is 83.4 Å². The minimum absolute atomic E-state index is 0. The second-order valence-corrected chi connectivity index (χ2v) is 33.4. The molecule has 0 amide bonds. The van der Waals surface area contributed by atoms with Crippen molar-refractivity contribution in [3.8, 4) is 67.4 Å². The van der Waals surface area contributed by atoms with Crippen LogP contribution in [0.25, 0.3) is 122 Å². The number of fused-ring (bicyclic) bond motifs is 5. The van der Waals surface area contributed by atoms with Gasteiger partial charge >= 0.3 is 0 Å². The maximum Gasteiger partial charge on any atom is 0.155 e. The average molecular weight is 2760 g/mol. The van der Waals surface area contributed by atoms with Gasteiger partial charge in [0.25, 0.3) is 0 Å². The number of carbonyl (C=O) groups is 5. The molecule has 0 bridgehead atoms. The topological polar surface area (TPSA) is 251 Å². The number of nitrogens with zero attached hydrogens (tertiary/aromatic N) is 5. The number of hydrogen-bond donors (Lipinski definition) is 5. The Balaban J connectivity index is 0.000000542. The van der Waals surface area contributed by atoms with Crippen LogP contribution in [0.5, 0.6) is 0 Å². The Bertz CT molecular complexity index is 6700. The molecule has 11 aromatic carbocycles. The van der Waals surface area contributed by atoms with Gasteiger partial charge in [-0.2, -0.15) is 0 Å². The molecule has 0 fully saturated rings. The Hall–Kier alpha value is -12.3. The number of aromatic nitrogens is 5. The molecule has 5 N–H and O–H groups in total. The van der Waals surface area contributed by atoms with Crippen LogP contribution in [-0.2, 0) is 124 Å². The van der Waals surface area contributed by atoms with Crippen LogP contribution in [0.4, 0.5) is 4.39 Å². The van der Waals surface area contributed by atoms with Crippen LogP contribution in [0, 0.1) is 126 Å². The third-order valence-electron chi connectivity index (χ3n) is 19.3. The molecule has 0 saturated heterocycles. The summed E-state index contributed by atoms with van der Waals surface area (Å²) < 4.78 is 14.1. The molecule has 0 aliphatic rings. The van der Waals surface area contributed by atoms with Crippen LogP contribution < -0.4 is 0 Å². The second-order valence-electron chi connectivity index (χ2n) is 33.4. The molecule has 0 saturated carbocycles. The van der Waals surface area contributed by atoms with E-state index < -0.39 is 0 Å². The van der Waals surface area contributed by atoms with Crippen LogP contribution in [-0.4, -0.2) is 79.4 Å². The van der Waals surface area contributed by atoms with E-state index in [9.17, 15) is 28.4 Å². The minimum Gasteiger partial charge on any atom is -0.512 e. The Morgan fingerprint density at radius 2 is 0.521 bits per heavy atom. The van der Waals surface area contributed by atoms with E-state index in [4.69, 9.17) is 45.5 Å². The van der Waals surface area contributed by atoms with Gasteiger partial charge < -0.3 is 25.5 Å². The molecular weight excluding hydrogens is 2640 g/mol. The van der Waals surface area contributed by atoms with E-state index in [-0.39, 0.29) is 164 Å². The number of rotatable bonds is 11. The maximum atomic E-state index is 14.1. The van der Waals surface area contributed by atoms with E-state index in [1.165, 1.54) is 172 Å². The summed E-state index contributed by atoms with van der Waals surface area (Å²) in [6.45, 7) is 41.3. The van der Waals surface area contributed by atoms with Gasteiger partial charge in [-0.25, -0.2) is 4.39 Å². The molecule has 16 rings (SSSR count). The van der Waals surface area contributed by atoms with Gasteiger partial charge in [0.1, 0.15) is 5.82 Å². The normalized spacial score (nSPS) is 10.6. The van der Waals surface area contributed by atoms with Gasteiger partial charge in [0.15, 0.2) is 28.9 Å². The van der Waals surface area contributed by atoms with E-state index in [2.05, 4.69) is 300 Å². The van der Waals surface area contributed by atoms with E-state index in [0.717, 1.165) is 111 Å². The van der Waals surface area contributed by atoms with E-state index in [1.54, 1.807) is 6.07 Å². The number of halogens is 1. The van der Waals surface area contributed by atoms with Crippen LogP contribution in [0.1, 0.15) is 142 Å². The van der Waals surface area contributed by atoms with Gasteiger partial charge in [-0.05, 0) is 211 Å². The number of ketones is 5. The van der Waals surface area contributed by atoms with Gasteiger partial charge in [0.2, 0.25) is 0 Å².